The molecule has 170 valence electrons. The van der Waals surface area contributed by atoms with Crippen molar-refractivity contribution in [3.05, 3.63) is 59.7 Å². The van der Waals surface area contributed by atoms with E-state index in [9.17, 15) is 14.7 Å². The van der Waals surface area contributed by atoms with Crippen molar-refractivity contribution in [2.75, 3.05) is 33.4 Å². The maximum absolute atomic E-state index is 12.9. The molecule has 7 heteroatoms. The summed E-state index contributed by atoms with van der Waals surface area (Å²) in [5, 5.41) is 10.00. The number of fused-ring (bicyclic) bond motifs is 3. The van der Waals surface area contributed by atoms with Gasteiger partial charge in [0.2, 0.25) is 0 Å². The molecule has 1 heterocycles. The molecule has 32 heavy (non-hydrogen) atoms. The zero-order chi connectivity index (χ0) is 23.1. The quantitative estimate of drug-likeness (QED) is 0.785. The van der Waals surface area contributed by atoms with Crippen LogP contribution in [0.4, 0.5) is 9.59 Å². The minimum absolute atomic E-state index is 0.0375. The Bertz CT molecular complexity index is 977. The number of hydrogen-bond donors (Lipinski definition) is 1. The zero-order valence-corrected chi connectivity index (χ0v) is 19.0. The molecular formula is C25H30N2O5. The summed E-state index contributed by atoms with van der Waals surface area (Å²) in [6.07, 6.45) is -0.979. The number of aliphatic hydroxyl groups is 1. The second-order valence-electron chi connectivity index (χ2n) is 9.58. The van der Waals surface area contributed by atoms with Crippen LogP contribution in [0.2, 0.25) is 0 Å². The molecule has 2 aliphatic rings. The molecule has 1 fully saturated rings. The summed E-state index contributed by atoms with van der Waals surface area (Å²) in [5.74, 6) is -0.0375. The number of likely N-dealkylation sites (tertiary alicyclic amines) is 1. The molecule has 0 atom stereocenters. The summed E-state index contributed by atoms with van der Waals surface area (Å²) < 4.78 is 11.1. The normalized spacial score (nSPS) is 16.6. The number of rotatable bonds is 4. The zero-order valence-electron chi connectivity index (χ0n) is 19.0. The van der Waals surface area contributed by atoms with E-state index in [4.69, 9.17) is 9.47 Å². The number of likely N-dealkylation sites (N-methyl/N-ethyl adjacent to an activating group) is 1. The Morgan fingerprint density at radius 1 is 1.06 bits per heavy atom. The van der Waals surface area contributed by atoms with E-state index in [1.165, 1.54) is 9.80 Å². The lowest BCUT2D eigenvalue weighted by atomic mass is 9.89. The minimum atomic E-state index is -0.876. The molecule has 1 saturated heterocycles. The summed E-state index contributed by atoms with van der Waals surface area (Å²) in [7, 11) is 1.60. The summed E-state index contributed by atoms with van der Waals surface area (Å²) in [5.41, 5.74) is 3.13. The van der Waals surface area contributed by atoms with Crippen LogP contribution >= 0.6 is 0 Å². The SMILES string of the molecule is CN(C(=O)OCC1c2ccccc2-c2ccccc21)C1(CO)CN(C(=O)OC(C)(C)C)C1. The highest BCUT2D eigenvalue weighted by atomic mass is 16.6. The van der Waals surface area contributed by atoms with E-state index in [0.29, 0.717) is 0 Å². The van der Waals surface area contributed by atoms with Crippen molar-refractivity contribution in [1.82, 2.24) is 9.80 Å². The molecule has 0 unspecified atom stereocenters. The first-order valence-electron chi connectivity index (χ1n) is 10.8. The number of aliphatic hydroxyl groups excluding tert-OH is 1. The van der Waals surface area contributed by atoms with Crippen molar-refractivity contribution in [1.29, 1.82) is 0 Å². The fourth-order valence-electron chi connectivity index (χ4n) is 4.42. The van der Waals surface area contributed by atoms with Crippen LogP contribution in [-0.2, 0) is 9.47 Å². The van der Waals surface area contributed by atoms with Gasteiger partial charge in [-0.15, -0.1) is 0 Å². The van der Waals surface area contributed by atoms with Gasteiger partial charge >= 0.3 is 12.2 Å². The molecule has 2 aromatic rings. The molecule has 0 aromatic heterocycles. The molecule has 1 aliphatic heterocycles. The third-order valence-electron chi connectivity index (χ3n) is 6.24. The van der Waals surface area contributed by atoms with Crippen molar-refractivity contribution >= 4 is 12.2 Å². The molecule has 0 bridgehead atoms. The number of carbonyl (C=O) groups excluding carboxylic acids is 2. The largest absolute Gasteiger partial charge is 0.448 e. The molecular weight excluding hydrogens is 408 g/mol. The Balaban J connectivity index is 1.41. The number of benzene rings is 2. The van der Waals surface area contributed by atoms with Crippen LogP contribution in [0.3, 0.4) is 0 Å². The minimum Gasteiger partial charge on any atom is -0.448 e. The van der Waals surface area contributed by atoms with E-state index in [0.717, 1.165) is 22.3 Å². The van der Waals surface area contributed by atoms with E-state index in [1.54, 1.807) is 27.8 Å². The van der Waals surface area contributed by atoms with Gasteiger partial charge in [-0.25, -0.2) is 9.59 Å². The fraction of sp³-hybridized carbons (Fsp3) is 0.440. The predicted octanol–water partition coefficient (Wildman–Crippen LogP) is 3.85. The van der Waals surface area contributed by atoms with Gasteiger partial charge in [-0.2, -0.15) is 0 Å². The molecule has 0 saturated carbocycles. The van der Waals surface area contributed by atoms with E-state index in [1.807, 2.05) is 24.3 Å². The lowest BCUT2D eigenvalue weighted by molar-refractivity contribution is -0.0734. The highest BCUT2D eigenvalue weighted by Gasteiger charge is 2.51. The Morgan fingerprint density at radius 3 is 2.09 bits per heavy atom. The second-order valence-corrected chi connectivity index (χ2v) is 9.58. The van der Waals surface area contributed by atoms with Crippen molar-refractivity contribution in [2.24, 2.45) is 0 Å². The lowest BCUT2D eigenvalue weighted by Gasteiger charge is -2.52. The summed E-state index contributed by atoms with van der Waals surface area (Å²) in [6.45, 7) is 5.71. The summed E-state index contributed by atoms with van der Waals surface area (Å²) in [4.78, 5) is 28.0. The standard InChI is InChI=1S/C25H30N2O5/c1-24(2,3)32-23(30)27-14-25(15-27,16-28)26(4)22(29)31-13-21-19-11-7-5-9-17(19)18-10-6-8-12-20(18)21/h5-12,21,28H,13-16H2,1-4H3. The molecule has 2 aromatic carbocycles. The molecule has 7 nitrogen and oxygen atoms in total. The second kappa shape index (κ2) is 8.13. The maximum Gasteiger partial charge on any atom is 0.410 e. The molecule has 0 radical (unpaired) electrons. The highest BCUT2D eigenvalue weighted by Crippen LogP contribution is 2.44. The fourth-order valence-corrected chi connectivity index (χ4v) is 4.42. The van der Waals surface area contributed by atoms with Crippen LogP contribution in [-0.4, -0.2) is 71.6 Å². The van der Waals surface area contributed by atoms with Crippen LogP contribution in [0.25, 0.3) is 11.1 Å². The van der Waals surface area contributed by atoms with Gasteiger partial charge in [0.05, 0.1) is 19.7 Å². The average Bonchev–Trinajstić information content (AvgIpc) is 3.04. The number of amides is 2. The summed E-state index contributed by atoms with van der Waals surface area (Å²) in [6, 6.07) is 16.3. The number of ether oxygens (including phenoxy) is 2. The van der Waals surface area contributed by atoms with Gasteiger partial charge in [0.1, 0.15) is 17.7 Å². The average molecular weight is 439 g/mol. The Kier molecular flexibility index (Phi) is 5.63. The first-order chi connectivity index (χ1) is 15.1. The van der Waals surface area contributed by atoms with Crippen LogP contribution < -0.4 is 0 Å². The third-order valence-corrected chi connectivity index (χ3v) is 6.24. The Hall–Kier alpha value is -3.06. The van der Waals surface area contributed by atoms with Gasteiger partial charge in [0.15, 0.2) is 0 Å². The van der Waals surface area contributed by atoms with Crippen LogP contribution in [0.5, 0.6) is 0 Å². The number of carbonyl (C=O) groups is 2. The van der Waals surface area contributed by atoms with Gasteiger partial charge in [-0.1, -0.05) is 48.5 Å². The first-order valence-corrected chi connectivity index (χ1v) is 10.8. The van der Waals surface area contributed by atoms with E-state index < -0.39 is 23.3 Å². The van der Waals surface area contributed by atoms with Crippen molar-refractivity contribution in [3.63, 3.8) is 0 Å². The molecule has 4 rings (SSSR count). The number of nitrogens with zero attached hydrogens (tertiary/aromatic N) is 2. The Morgan fingerprint density at radius 2 is 1.59 bits per heavy atom. The van der Waals surface area contributed by atoms with E-state index >= 15 is 0 Å². The molecule has 1 N–H and O–H groups in total. The number of hydrogen-bond acceptors (Lipinski definition) is 5. The van der Waals surface area contributed by atoms with E-state index in [2.05, 4.69) is 24.3 Å². The maximum atomic E-state index is 12.9. The van der Waals surface area contributed by atoms with Crippen molar-refractivity contribution < 1.29 is 24.2 Å². The summed E-state index contributed by atoms with van der Waals surface area (Å²) >= 11 is 0. The van der Waals surface area contributed by atoms with E-state index in [-0.39, 0.29) is 32.2 Å². The van der Waals surface area contributed by atoms with Crippen molar-refractivity contribution in [2.45, 2.75) is 37.8 Å². The smallest absolute Gasteiger partial charge is 0.410 e. The van der Waals surface area contributed by atoms with Crippen LogP contribution in [0, 0.1) is 0 Å². The van der Waals surface area contributed by atoms with Gasteiger partial charge < -0.3 is 19.5 Å². The van der Waals surface area contributed by atoms with Gasteiger partial charge in [0.25, 0.3) is 0 Å². The molecule has 2 amide bonds. The van der Waals surface area contributed by atoms with Crippen molar-refractivity contribution in [3.8, 4) is 11.1 Å². The van der Waals surface area contributed by atoms with Gasteiger partial charge in [0, 0.05) is 13.0 Å². The first kappa shape index (κ1) is 22.1. The third kappa shape index (κ3) is 3.93. The topological polar surface area (TPSA) is 79.3 Å². The van der Waals surface area contributed by atoms with Crippen LogP contribution in [0.1, 0.15) is 37.8 Å². The van der Waals surface area contributed by atoms with Gasteiger partial charge in [-0.05, 0) is 43.0 Å². The van der Waals surface area contributed by atoms with Gasteiger partial charge in [-0.3, -0.25) is 4.90 Å². The van der Waals surface area contributed by atoms with Crippen LogP contribution in [0.15, 0.2) is 48.5 Å². The monoisotopic (exact) mass is 438 g/mol. The lowest BCUT2D eigenvalue weighted by Crippen LogP contribution is -2.73. The molecule has 1 aliphatic carbocycles. The molecule has 0 spiro atoms. The Labute approximate surface area is 188 Å². The predicted molar refractivity (Wildman–Crippen MR) is 120 cm³/mol. The highest BCUT2D eigenvalue weighted by molar-refractivity contribution is 5.79.